The predicted octanol–water partition coefficient (Wildman–Crippen LogP) is -0.448. The highest BCUT2D eigenvalue weighted by atomic mass is 19.1. The molecule has 0 saturated carbocycles. The maximum Gasteiger partial charge on any atom is 0.210 e. The molecule has 0 saturated heterocycles. The predicted molar refractivity (Wildman–Crippen MR) is 218 cm³/mol. The van der Waals surface area contributed by atoms with Crippen molar-refractivity contribution < 1.29 is 48.6 Å². The Kier molecular flexibility index (Phi) is 11.5. The molecule has 0 bridgehead atoms. The molecule has 5 aliphatic heterocycles. The fourth-order valence-corrected chi connectivity index (χ4v) is 10.1. The van der Waals surface area contributed by atoms with Gasteiger partial charge in [0, 0.05) is 78.3 Å². The van der Waals surface area contributed by atoms with Crippen molar-refractivity contribution in [2.45, 2.75) is 51.4 Å². The van der Waals surface area contributed by atoms with Gasteiger partial charge in [0.05, 0.1) is 42.0 Å². The van der Waals surface area contributed by atoms with E-state index in [-0.39, 0.29) is 37.7 Å². The highest BCUT2D eigenvalue weighted by molar-refractivity contribution is 5.90. The molecule has 4 aromatic carbocycles. The van der Waals surface area contributed by atoms with Crippen LogP contribution in [0.25, 0.3) is 5.57 Å². The number of carbonyl (C=O) groups is 2. The molecule has 5 aliphatic rings. The summed E-state index contributed by atoms with van der Waals surface area (Å²) in [6.45, 7) is 1.27. The minimum Gasteiger partial charge on any atom is -0.853 e. The van der Waals surface area contributed by atoms with Gasteiger partial charge in [0.25, 0.3) is 0 Å². The number of nitrogens with zero attached hydrogens (tertiary/aromatic N) is 4. The van der Waals surface area contributed by atoms with E-state index >= 15 is 0 Å². The van der Waals surface area contributed by atoms with Crippen molar-refractivity contribution in [2.24, 2.45) is 0 Å². The first kappa shape index (κ1) is 40.5. The van der Waals surface area contributed by atoms with E-state index in [1.165, 1.54) is 49.2 Å². The Morgan fingerprint density at radius 3 is 2.05 bits per heavy atom. The van der Waals surface area contributed by atoms with Crippen molar-refractivity contribution in [3.8, 4) is 23.0 Å². The number of carboxylic acids is 2. The van der Waals surface area contributed by atoms with Gasteiger partial charge in [-0.1, -0.05) is 6.07 Å². The fraction of sp³-hybridized carbons (Fsp3) is 0.426. The second-order valence-corrected chi connectivity index (χ2v) is 16.3. The summed E-state index contributed by atoms with van der Waals surface area (Å²) in [5, 5.41) is 49.3. The number of aryl methyl sites for hydroxylation is 2. The zero-order valence-corrected chi connectivity index (χ0v) is 34.1. The molecule has 4 aromatic rings. The Morgan fingerprint density at radius 1 is 0.738 bits per heavy atom. The second kappa shape index (κ2) is 17.3. The van der Waals surface area contributed by atoms with Gasteiger partial charge < -0.3 is 58.9 Å². The normalized spacial score (nSPS) is 15.8. The molecule has 0 aromatic heterocycles. The first-order valence-electron chi connectivity index (χ1n) is 21.4. The zero-order chi connectivity index (χ0) is 42.2. The van der Waals surface area contributed by atoms with Gasteiger partial charge in [-0.25, -0.2) is 8.97 Å². The van der Waals surface area contributed by atoms with E-state index in [1.807, 2.05) is 12.1 Å². The second-order valence-electron chi connectivity index (χ2n) is 16.3. The standard InChI is InChI=1S/C47H50FN4O9/c48-32-10-12-38(52(18-20-54)28-42(57)58)40(26-32)60-22-21-59-39-25-29(9-11-37(39)51(17-19-53)27-41(55)56)43-35-23-30-5-1-13-49-15-3-7-33(44(30)49)46(35)61-47-34-8-4-16-50-14-2-6-31(45(34)50)24-36(43)47/h9-12,23-26H,1-8,13-22,27-28H2,(H,55,56)(H,57,58)/q-1/p-2. The molecule has 320 valence electrons. The number of rotatable bonds is 16. The van der Waals surface area contributed by atoms with Crippen LogP contribution in [0.1, 0.15) is 59.1 Å². The number of ether oxygens (including phenoxy) is 3. The summed E-state index contributed by atoms with van der Waals surface area (Å²) >= 11 is 0. The fourth-order valence-electron chi connectivity index (χ4n) is 10.1. The summed E-state index contributed by atoms with van der Waals surface area (Å²) in [5.41, 5.74) is 9.82. The molecule has 0 fully saturated rings. The molecule has 14 heteroatoms. The molecule has 0 atom stereocenters. The quantitative estimate of drug-likeness (QED) is 0.0931. The monoisotopic (exact) mass is 831 g/mol. The van der Waals surface area contributed by atoms with Crippen molar-refractivity contribution in [3.63, 3.8) is 0 Å². The van der Waals surface area contributed by atoms with Crippen LogP contribution < -0.4 is 64.5 Å². The maximum absolute atomic E-state index is 14.5. The number of hydrogen-bond acceptors (Lipinski definition) is 12. The summed E-state index contributed by atoms with van der Waals surface area (Å²) in [6, 6.07) is 13.8. The Bertz CT molecular complexity index is 2520. The topological polar surface area (TPSA) is 167 Å². The molecular weight excluding hydrogens is 784 g/mol. The molecule has 0 unspecified atom stereocenters. The summed E-state index contributed by atoms with van der Waals surface area (Å²) in [7, 11) is 0. The number of anilines is 3. The van der Waals surface area contributed by atoms with Crippen LogP contribution in [0.15, 0.2) is 48.5 Å². The van der Waals surface area contributed by atoms with Gasteiger partial charge in [0.15, 0.2) is 0 Å². The Hall–Kier alpha value is -5.86. The van der Waals surface area contributed by atoms with E-state index in [0.717, 1.165) is 123 Å². The molecular formula is C47H48FN4O9-3. The zero-order valence-electron chi connectivity index (χ0n) is 34.1. The van der Waals surface area contributed by atoms with Crippen molar-refractivity contribution >= 4 is 34.6 Å². The summed E-state index contributed by atoms with van der Waals surface area (Å²) < 4.78 is 36.6. The largest absolute Gasteiger partial charge is 0.853 e. The molecule has 5 heterocycles. The number of aliphatic carboxylic acids is 2. The van der Waals surface area contributed by atoms with Crippen LogP contribution in [-0.4, -0.2) is 90.7 Å². The van der Waals surface area contributed by atoms with Crippen molar-refractivity contribution in [1.29, 1.82) is 0 Å². The SMILES string of the molecule is O=C([O-])CN(CC[O-])c1ccc(F)cc1OCCOc1cc(C2=c3cc4c5c(c3Oc3c2cc2c6c3CCCN6CCC2)CCC[N+]=5CCC4)ccc1N(CC[O-])CC(=O)[O-]. The number of carboxylic acid groups (broad SMARTS) is 2. The minimum absolute atomic E-state index is 0.0138. The van der Waals surface area contributed by atoms with Gasteiger partial charge in [0.2, 0.25) is 5.36 Å². The third-order valence-electron chi connectivity index (χ3n) is 12.5. The van der Waals surface area contributed by atoms with E-state index in [0.29, 0.717) is 11.4 Å². The van der Waals surface area contributed by atoms with Crippen molar-refractivity contribution in [2.75, 3.05) is 93.5 Å². The van der Waals surface area contributed by atoms with Crippen molar-refractivity contribution in [3.05, 3.63) is 98.3 Å². The third-order valence-corrected chi connectivity index (χ3v) is 12.5. The van der Waals surface area contributed by atoms with Gasteiger partial charge in [0.1, 0.15) is 55.1 Å². The number of carbonyl (C=O) groups excluding carboxylic acids is 2. The highest BCUT2D eigenvalue weighted by Crippen LogP contribution is 2.49. The van der Waals surface area contributed by atoms with E-state index < -0.39 is 44.1 Å². The molecule has 0 N–H and O–H groups in total. The van der Waals surface area contributed by atoms with Gasteiger partial charge in [-0.2, -0.15) is 0 Å². The van der Waals surface area contributed by atoms with Crippen LogP contribution in [0.4, 0.5) is 21.5 Å². The lowest BCUT2D eigenvalue weighted by molar-refractivity contribution is -0.364. The molecule has 0 radical (unpaired) electrons. The number of benzene rings is 4. The molecule has 0 spiro atoms. The lowest BCUT2D eigenvalue weighted by atomic mass is 9.82. The van der Waals surface area contributed by atoms with Crippen LogP contribution >= 0.6 is 0 Å². The first-order chi connectivity index (χ1) is 29.7. The van der Waals surface area contributed by atoms with E-state index in [2.05, 4.69) is 21.6 Å². The van der Waals surface area contributed by atoms with Gasteiger partial charge in [-0.05, 0) is 86.1 Å². The number of hydrogen-bond donors (Lipinski definition) is 0. The van der Waals surface area contributed by atoms with Crippen LogP contribution in [0.3, 0.4) is 0 Å². The molecule has 0 amide bonds. The van der Waals surface area contributed by atoms with Gasteiger partial charge in [-0.15, -0.1) is 13.2 Å². The van der Waals surface area contributed by atoms with E-state index in [4.69, 9.17) is 14.2 Å². The molecule has 9 rings (SSSR count). The average Bonchev–Trinajstić information content (AvgIpc) is 3.24. The Labute approximate surface area is 353 Å². The van der Waals surface area contributed by atoms with E-state index in [1.54, 1.807) is 6.07 Å². The van der Waals surface area contributed by atoms with Gasteiger partial charge >= 0.3 is 0 Å². The first-order valence-corrected chi connectivity index (χ1v) is 21.4. The average molecular weight is 832 g/mol. The maximum atomic E-state index is 14.5. The Morgan fingerprint density at radius 2 is 1.36 bits per heavy atom. The van der Waals surface area contributed by atoms with Crippen LogP contribution in [0.5, 0.6) is 23.0 Å². The molecule has 61 heavy (non-hydrogen) atoms. The van der Waals surface area contributed by atoms with Crippen LogP contribution in [-0.2, 0) is 35.3 Å². The molecule has 13 nitrogen and oxygen atoms in total. The lowest BCUT2D eigenvalue weighted by Crippen LogP contribution is -2.45. The highest BCUT2D eigenvalue weighted by Gasteiger charge is 2.36. The minimum atomic E-state index is -1.41. The Balaban J connectivity index is 1.16. The summed E-state index contributed by atoms with van der Waals surface area (Å²) in [5.74, 6) is -1.30. The number of fused-ring (bicyclic) bond motifs is 4. The smallest absolute Gasteiger partial charge is 0.210 e. The number of halogens is 1. The molecule has 0 aliphatic carbocycles. The summed E-state index contributed by atoms with van der Waals surface area (Å²) in [6.07, 6.45) is 7.95. The third kappa shape index (κ3) is 7.83. The van der Waals surface area contributed by atoms with Crippen molar-refractivity contribution in [1.82, 2.24) is 4.58 Å². The van der Waals surface area contributed by atoms with Crippen LogP contribution in [0, 0.1) is 5.82 Å². The van der Waals surface area contributed by atoms with E-state index in [9.17, 15) is 34.4 Å². The van der Waals surface area contributed by atoms with Crippen LogP contribution in [0.2, 0.25) is 0 Å². The summed E-state index contributed by atoms with van der Waals surface area (Å²) in [4.78, 5) is 28.7. The van der Waals surface area contributed by atoms with Gasteiger partial charge in [-0.3, -0.25) is 0 Å². The lowest BCUT2D eigenvalue weighted by Gasteiger charge is -2.39.